The number of hydrogen-bond acceptors (Lipinski definition) is 4. The standard InChI is InChI=1S/C30H23NO4S/c1-21-16-18-24(19-17-21)36(34,35)31-20-27(29(32)23-12-6-3-7-13-23)28(30(31)33)26-15-9-8-14-25(26)22-10-4-2-5-11-22/h2-19H,20H2,1H3. The first-order valence-corrected chi connectivity index (χ1v) is 12.9. The van der Waals surface area contributed by atoms with Crippen LogP contribution in [0.5, 0.6) is 0 Å². The lowest BCUT2D eigenvalue weighted by atomic mass is 9.90. The van der Waals surface area contributed by atoms with Gasteiger partial charge in [-0.1, -0.05) is 103 Å². The number of Topliss-reactive ketones (excluding diaryl/α,β-unsaturated/α-hetero) is 1. The minimum absolute atomic E-state index is 0.00514. The Morgan fingerprint density at radius 3 is 1.92 bits per heavy atom. The number of ketones is 1. The van der Waals surface area contributed by atoms with E-state index >= 15 is 0 Å². The molecule has 1 aliphatic rings. The number of nitrogens with zero attached hydrogens (tertiary/aromatic N) is 1. The Hall–Kier alpha value is -4.29. The van der Waals surface area contributed by atoms with E-state index in [1.165, 1.54) is 12.1 Å². The molecule has 0 unspecified atom stereocenters. The summed E-state index contributed by atoms with van der Waals surface area (Å²) in [7, 11) is -4.18. The van der Waals surface area contributed by atoms with E-state index in [0.717, 1.165) is 21.0 Å². The zero-order valence-electron chi connectivity index (χ0n) is 19.6. The molecule has 0 aromatic heterocycles. The van der Waals surface area contributed by atoms with Gasteiger partial charge in [0.2, 0.25) is 0 Å². The van der Waals surface area contributed by atoms with Crippen molar-refractivity contribution in [1.29, 1.82) is 0 Å². The third kappa shape index (κ3) is 4.16. The molecule has 1 heterocycles. The van der Waals surface area contributed by atoms with E-state index in [9.17, 15) is 18.0 Å². The Balaban J connectivity index is 1.69. The van der Waals surface area contributed by atoms with Gasteiger partial charge in [0.15, 0.2) is 5.78 Å². The predicted molar refractivity (Wildman–Crippen MR) is 140 cm³/mol. The number of aryl methyl sites for hydroxylation is 1. The molecule has 36 heavy (non-hydrogen) atoms. The van der Waals surface area contributed by atoms with Crippen LogP contribution >= 0.6 is 0 Å². The molecule has 1 amide bonds. The molecule has 0 N–H and O–H groups in total. The molecule has 4 aromatic carbocycles. The Labute approximate surface area is 210 Å². The normalized spacial score (nSPS) is 13.8. The van der Waals surface area contributed by atoms with E-state index in [-0.39, 0.29) is 28.4 Å². The second kappa shape index (κ2) is 9.40. The van der Waals surface area contributed by atoms with Gasteiger partial charge >= 0.3 is 0 Å². The van der Waals surface area contributed by atoms with Crippen molar-refractivity contribution in [1.82, 2.24) is 4.31 Å². The number of benzene rings is 4. The molecule has 0 atom stereocenters. The van der Waals surface area contributed by atoms with Crippen LogP contribution in [0.25, 0.3) is 16.7 Å². The largest absolute Gasteiger partial charge is 0.289 e. The fourth-order valence-corrected chi connectivity index (χ4v) is 5.72. The van der Waals surface area contributed by atoms with Crippen LogP contribution < -0.4 is 0 Å². The number of amides is 1. The summed E-state index contributed by atoms with van der Waals surface area (Å²) in [4.78, 5) is 27.5. The van der Waals surface area contributed by atoms with Gasteiger partial charge in [0.25, 0.3) is 15.9 Å². The fraction of sp³-hybridized carbons (Fsp3) is 0.0667. The quantitative estimate of drug-likeness (QED) is 0.331. The molecule has 0 fully saturated rings. The van der Waals surface area contributed by atoms with Crippen molar-refractivity contribution >= 4 is 27.3 Å². The van der Waals surface area contributed by atoms with Gasteiger partial charge in [-0.2, -0.15) is 0 Å². The van der Waals surface area contributed by atoms with Crippen LogP contribution in [0.3, 0.4) is 0 Å². The Kier molecular flexibility index (Phi) is 6.12. The maximum atomic E-state index is 13.9. The molecule has 5 nitrogen and oxygen atoms in total. The van der Waals surface area contributed by atoms with E-state index in [4.69, 9.17) is 0 Å². The molecular formula is C30H23NO4S. The molecule has 4 aromatic rings. The highest BCUT2D eigenvalue weighted by Crippen LogP contribution is 2.38. The molecule has 0 saturated carbocycles. The summed E-state index contributed by atoms with van der Waals surface area (Å²) in [5.74, 6) is -1.08. The van der Waals surface area contributed by atoms with Crippen LogP contribution in [0.4, 0.5) is 0 Å². The second-order valence-electron chi connectivity index (χ2n) is 8.59. The first kappa shape index (κ1) is 23.5. The van der Waals surface area contributed by atoms with Crippen LogP contribution in [-0.2, 0) is 14.8 Å². The second-order valence-corrected chi connectivity index (χ2v) is 10.5. The van der Waals surface area contributed by atoms with Gasteiger partial charge in [0, 0.05) is 11.1 Å². The minimum Gasteiger partial charge on any atom is -0.289 e. The minimum atomic E-state index is -4.18. The third-order valence-corrected chi connectivity index (χ3v) is 7.99. The highest BCUT2D eigenvalue weighted by molar-refractivity contribution is 7.89. The van der Waals surface area contributed by atoms with Gasteiger partial charge in [-0.15, -0.1) is 0 Å². The molecule has 0 radical (unpaired) electrons. The molecule has 0 spiro atoms. The van der Waals surface area contributed by atoms with E-state index < -0.39 is 15.9 Å². The maximum absolute atomic E-state index is 13.9. The molecule has 178 valence electrons. The van der Waals surface area contributed by atoms with Gasteiger partial charge < -0.3 is 0 Å². The lowest BCUT2D eigenvalue weighted by Gasteiger charge is -2.18. The summed E-state index contributed by atoms with van der Waals surface area (Å²) in [6, 6.07) is 31.7. The van der Waals surface area contributed by atoms with Crippen molar-refractivity contribution in [3.63, 3.8) is 0 Å². The summed E-state index contributed by atoms with van der Waals surface area (Å²) in [6.07, 6.45) is 0. The number of hydrogen-bond donors (Lipinski definition) is 0. The van der Waals surface area contributed by atoms with Crippen molar-refractivity contribution in [2.45, 2.75) is 11.8 Å². The maximum Gasteiger partial charge on any atom is 0.269 e. The third-order valence-electron chi connectivity index (χ3n) is 6.24. The molecule has 1 aliphatic heterocycles. The number of rotatable bonds is 6. The summed E-state index contributed by atoms with van der Waals surface area (Å²) < 4.78 is 27.9. The van der Waals surface area contributed by atoms with E-state index in [1.54, 1.807) is 54.6 Å². The lowest BCUT2D eigenvalue weighted by Crippen LogP contribution is -2.34. The van der Waals surface area contributed by atoms with Crippen LogP contribution in [0.15, 0.2) is 120 Å². The topological polar surface area (TPSA) is 71.5 Å². The molecule has 6 heteroatoms. The van der Waals surface area contributed by atoms with Crippen LogP contribution in [0, 0.1) is 6.92 Å². The van der Waals surface area contributed by atoms with E-state index in [1.807, 2.05) is 49.4 Å². The molecule has 5 rings (SSSR count). The monoisotopic (exact) mass is 493 g/mol. The highest BCUT2D eigenvalue weighted by atomic mass is 32.2. The van der Waals surface area contributed by atoms with Crippen LogP contribution in [0.2, 0.25) is 0 Å². The number of carbonyl (C=O) groups excluding carboxylic acids is 2. The molecule has 0 aliphatic carbocycles. The van der Waals surface area contributed by atoms with Gasteiger partial charge in [0.1, 0.15) is 0 Å². The van der Waals surface area contributed by atoms with Gasteiger partial charge in [-0.3, -0.25) is 9.59 Å². The van der Waals surface area contributed by atoms with Crippen molar-refractivity contribution in [2.24, 2.45) is 0 Å². The van der Waals surface area contributed by atoms with Gasteiger partial charge in [0.05, 0.1) is 17.0 Å². The fourth-order valence-electron chi connectivity index (χ4n) is 4.38. The van der Waals surface area contributed by atoms with Crippen molar-refractivity contribution in [3.8, 4) is 11.1 Å². The van der Waals surface area contributed by atoms with Gasteiger partial charge in [-0.25, -0.2) is 12.7 Å². The smallest absolute Gasteiger partial charge is 0.269 e. The summed E-state index contributed by atoms with van der Waals surface area (Å²) in [5.41, 5.74) is 3.69. The summed E-state index contributed by atoms with van der Waals surface area (Å²) >= 11 is 0. The van der Waals surface area contributed by atoms with Gasteiger partial charge in [-0.05, 0) is 35.7 Å². The first-order chi connectivity index (χ1) is 17.4. The van der Waals surface area contributed by atoms with Crippen molar-refractivity contribution < 1.29 is 18.0 Å². The molecule has 0 saturated heterocycles. The average molecular weight is 494 g/mol. The Morgan fingerprint density at radius 2 is 1.28 bits per heavy atom. The average Bonchev–Trinajstić information content (AvgIpc) is 3.27. The Bertz CT molecular complexity index is 1590. The van der Waals surface area contributed by atoms with Crippen molar-refractivity contribution in [3.05, 3.63) is 131 Å². The number of carbonyl (C=O) groups is 2. The SMILES string of the molecule is Cc1ccc(S(=O)(=O)N2CC(C(=O)c3ccccc3)=C(c3ccccc3-c3ccccc3)C2=O)cc1. The Morgan fingerprint density at radius 1 is 0.722 bits per heavy atom. The summed E-state index contributed by atoms with van der Waals surface area (Å²) in [6.45, 7) is 1.52. The zero-order valence-corrected chi connectivity index (χ0v) is 20.4. The molecule has 0 bridgehead atoms. The first-order valence-electron chi connectivity index (χ1n) is 11.5. The van der Waals surface area contributed by atoms with Crippen LogP contribution in [-0.4, -0.2) is 31.0 Å². The lowest BCUT2D eigenvalue weighted by molar-refractivity contribution is -0.119. The predicted octanol–water partition coefficient (Wildman–Crippen LogP) is 5.53. The summed E-state index contributed by atoms with van der Waals surface area (Å²) in [5, 5.41) is 0. The van der Waals surface area contributed by atoms with E-state index in [0.29, 0.717) is 11.1 Å². The zero-order chi connectivity index (χ0) is 25.3. The van der Waals surface area contributed by atoms with Crippen molar-refractivity contribution in [2.75, 3.05) is 6.54 Å². The van der Waals surface area contributed by atoms with E-state index in [2.05, 4.69) is 0 Å². The highest BCUT2D eigenvalue weighted by Gasteiger charge is 2.42. The molecular weight excluding hydrogens is 470 g/mol. The number of sulfonamides is 1. The van der Waals surface area contributed by atoms with Crippen LogP contribution in [0.1, 0.15) is 21.5 Å².